The summed E-state index contributed by atoms with van der Waals surface area (Å²) in [6.07, 6.45) is 1.60. The Balaban J connectivity index is 1.37. The second-order valence-corrected chi connectivity index (χ2v) is 6.57. The average molecular weight is 381 g/mol. The number of hydrazone groups is 1. The van der Waals surface area contributed by atoms with Gasteiger partial charge in [0.25, 0.3) is 11.8 Å². The molecule has 0 bridgehead atoms. The Morgan fingerprint density at radius 3 is 2.17 bits per heavy atom. The molecule has 0 aromatic heterocycles. The Morgan fingerprint density at radius 1 is 0.759 bits per heavy atom. The Labute approximate surface area is 168 Å². The van der Waals surface area contributed by atoms with Crippen LogP contribution in [-0.2, 0) is 4.79 Å². The Bertz CT molecular complexity index is 1220. The first-order valence-corrected chi connectivity index (χ1v) is 9.28. The topological polar surface area (TPSA) is 70.6 Å². The molecule has 4 aromatic rings. The number of carbonyl (C=O) groups is 2. The van der Waals surface area contributed by atoms with Crippen molar-refractivity contribution in [2.45, 2.75) is 0 Å². The van der Waals surface area contributed by atoms with Gasteiger partial charge in [-0.3, -0.25) is 9.59 Å². The van der Waals surface area contributed by atoms with Gasteiger partial charge in [-0.2, -0.15) is 5.10 Å². The smallest absolute Gasteiger partial charge is 0.259 e. The van der Waals surface area contributed by atoms with E-state index in [1.165, 1.54) is 0 Å². The Kier molecular flexibility index (Phi) is 5.29. The molecule has 0 fully saturated rings. The van der Waals surface area contributed by atoms with Crippen LogP contribution in [0, 0.1) is 0 Å². The number of rotatable bonds is 5. The van der Waals surface area contributed by atoms with Crippen LogP contribution >= 0.6 is 0 Å². The molecular weight excluding hydrogens is 362 g/mol. The second-order valence-electron chi connectivity index (χ2n) is 6.57. The zero-order valence-electron chi connectivity index (χ0n) is 15.6. The van der Waals surface area contributed by atoms with Crippen LogP contribution in [0.3, 0.4) is 0 Å². The molecule has 2 amide bonds. The van der Waals surface area contributed by atoms with Gasteiger partial charge < -0.3 is 5.32 Å². The van der Waals surface area contributed by atoms with Gasteiger partial charge in [-0.1, -0.05) is 78.9 Å². The lowest BCUT2D eigenvalue weighted by Gasteiger charge is -2.07. The monoisotopic (exact) mass is 381 g/mol. The van der Waals surface area contributed by atoms with Gasteiger partial charge >= 0.3 is 0 Å². The van der Waals surface area contributed by atoms with Crippen LogP contribution in [0.25, 0.3) is 21.5 Å². The zero-order valence-corrected chi connectivity index (χ0v) is 15.6. The number of nitrogens with one attached hydrogen (secondary N) is 2. The lowest BCUT2D eigenvalue weighted by molar-refractivity contribution is -0.120. The van der Waals surface area contributed by atoms with Gasteiger partial charge in [0.2, 0.25) is 0 Å². The first kappa shape index (κ1) is 18.4. The molecule has 2 N–H and O–H groups in total. The summed E-state index contributed by atoms with van der Waals surface area (Å²) >= 11 is 0. The molecule has 0 radical (unpaired) electrons. The summed E-state index contributed by atoms with van der Waals surface area (Å²) in [6.45, 7) is -0.158. The molecule has 29 heavy (non-hydrogen) atoms. The van der Waals surface area contributed by atoms with Crippen LogP contribution in [-0.4, -0.2) is 24.6 Å². The first-order chi connectivity index (χ1) is 14.2. The molecule has 0 aliphatic heterocycles. The van der Waals surface area contributed by atoms with E-state index in [0.717, 1.165) is 27.1 Å². The summed E-state index contributed by atoms with van der Waals surface area (Å²) in [4.78, 5) is 24.5. The number of carbonyl (C=O) groups excluding carboxylic acids is 2. The highest BCUT2D eigenvalue weighted by atomic mass is 16.2. The van der Waals surface area contributed by atoms with Crippen molar-refractivity contribution in [1.29, 1.82) is 0 Å². The van der Waals surface area contributed by atoms with Crippen molar-refractivity contribution in [2.75, 3.05) is 6.54 Å². The molecular formula is C24H19N3O2. The highest BCUT2D eigenvalue weighted by molar-refractivity contribution is 6.07. The Hall–Kier alpha value is -3.99. The summed E-state index contributed by atoms with van der Waals surface area (Å²) in [6, 6.07) is 27.0. The summed E-state index contributed by atoms with van der Waals surface area (Å²) in [5.74, 6) is -0.690. The maximum atomic E-state index is 12.5. The van der Waals surface area contributed by atoms with Crippen molar-refractivity contribution < 1.29 is 9.59 Å². The van der Waals surface area contributed by atoms with Gasteiger partial charge in [-0.15, -0.1) is 0 Å². The zero-order chi connectivity index (χ0) is 20.1. The minimum atomic E-state index is -0.393. The number of hydrogen-bond donors (Lipinski definition) is 2. The standard InChI is InChI=1S/C24H19N3O2/c28-23(27-26-15-19-11-5-9-17-7-1-3-12-20(17)19)16-25-24(29)22-14-6-10-18-8-2-4-13-21(18)22/h1-15H,16H2,(H,25,29)(H,27,28)/b26-15-. The van der Waals surface area contributed by atoms with Crippen LogP contribution < -0.4 is 10.7 Å². The molecule has 4 aromatic carbocycles. The largest absolute Gasteiger partial charge is 0.343 e. The van der Waals surface area contributed by atoms with Crippen LogP contribution in [0.4, 0.5) is 0 Å². The van der Waals surface area contributed by atoms with Gasteiger partial charge in [0.1, 0.15) is 0 Å². The first-order valence-electron chi connectivity index (χ1n) is 9.28. The highest BCUT2D eigenvalue weighted by Crippen LogP contribution is 2.18. The molecule has 0 unspecified atom stereocenters. The van der Waals surface area contributed by atoms with E-state index < -0.39 is 5.91 Å². The fourth-order valence-electron chi connectivity index (χ4n) is 3.26. The van der Waals surface area contributed by atoms with Crippen molar-refractivity contribution in [2.24, 2.45) is 5.10 Å². The molecule has 142 valence electrons. The predicted molar refractivity (Wildman–Crippen MR) is 116 cm³/mol. The summed E-state index contributed by atoms with van der Waals surface area (Å²) < 4.78 is 0. The summed E-state index contributed by atoms with van der Waals surface area (Å²) in [5.41, 5.74) is 3.90. The van der Waals surface area contributed by atoms with Gasteiger partial charge in [0, 0.05) is 11.1 Å². The van der Waals surface area contributed by atoms with Crippen molar-refractivity contribution in [3.8, 4) is 0 Å². The molecule has 5 nitrogen and oxygen atoms in total. The predicted octanol–water partition coefficient (Wildman–Crippen LogP) is 3.87. The molecule has 0 spiro atoms. The van der Waals surface area contributed by atoms with Crippen molar-refractivity contribution in [3.05, 3.63) is 96.1 Å². The average Bonchev–Trinajstić information content (AvgIpc) is 2.77. The number of nitrogens with zero attached hydrogens (tertiary/aromatic N) is 1. The molecule has 0 saturated heterocycles. The maximum absolute atomic E-state index is 12.5. The third-order valence-corrected chi connectivity index (χ3v) is 4.66. The molecule has 0 heterocycles. The maximum Gasteiger partial charge on any atom is 0.259 e. The van der Waals surface area contributed by atoms with Gasteiger partial charge in [-0.05, 0) is 27.6 Å². The number of hydrogen-bond acceptors (Lipinski definition) is 3. The van der Waals surface area contributed by atoms with Crippen LogP contribution in [0.2, 0.25) is 0 Å². The molecule has 5 heteroatoms. The molecule has 0 aliphatic carbocycles. The van der Waals surface area contributed by atoms with E-state index in [-0.39, 0.29) is 12.5 Å². The lowest BCUT2D eigenvalue weighted by atomic mass is 10.0. The van der Waals surface area contributed by atoms with E-state index in [1.54, 1.807) is 12.3 Å². The lowest BCUT2D eigenvalue weighted by Crippen LogP contribution is -2.35. The van der Waals surface area contributed by atoms with Gasteiger partial charge in [0.05, 0.1) is 12.8 Å². The van der Waals surface area contributed by atoms with Crippen molar-refractivity contribution in [3.63, 3.8) is 0 Å². The number of fused-ring (bicyclic) bond motifs is 2. The quantitative estimate of drug-likeness (QED) is 0.407. The molecule has 4 rings (SSSR count). The van der Waals surface area contributed by atoms with E-state index >= 15 is 0 Å². The minimum Gasteiger partial charge on any atom is -0.343 e. The van der Waals surface area contributed by atoms with Gasteiger partial charge in [-0.25, -0.2) is 5.43 Å². The van der Waals surface area contributed by atoms with Gasteiger partial charge in [0.15, 0.2) is 0 Å². The third kappa shape index (κ3) is 4.14. The summed E-state index contributed by atoms with van der Waals surface area (Å²) in [5, 5.41) is 10.6. The molecule has 0 atom stereocenters. The third-order valence-electron chi connectivity index (χ3n) is 4.66. The fraction of sp³-hybridized carbons (Fsp3) is 0.0417. The summed E-state index contributed by atoms with van der Waals surface area (Å²) in [7, 11) is 0. The van der Waals surface area contributed by atoms with E-state index in [2.05, 4.69) is 15.8 Å². The SMILES string of the molecule is O=C(CNC(=O)c1cccc2ccccc12)N/N=C\c1cccc2ccccc12. The van der Waals surface area contributed by atoms with E-state index in [9.17, 15) is 9.59 Å². The van der Waals surface area contributed by atoms with E-state index in [4.69, 9.17) is 0 Å². The van der Waals surface area contributed by atoms with E-state index in [1.807, 2.05) is 78.9 Å². The van der Waals surface area contributed by atoms with Crippen LogP contribution in [0.15, 0.2) is 90.0 Å². The molecule has 0 saturated carbocycles. The number of amides is 2. The second kappa shape index (κ2) is 8.35. The van der Waals surface area contributed by atoms with Crippen molar-refractivity contribution in [1.82, 2.24) is 10.7 Å². The Morgan fingerprint density at radius 2 is 1.38 bits per heavy atom. The highest BCUT2D eigenvalue weighted by Gasteiger charge is 2.10. The molecule has 0 aliphatic rings. The van der Waals surface area contributed by atoms with Crippen molar-refractivity contribution >= 4 is 39.6 Å². The van der Waals surface area contributed by atoms with Crippen LogP contribution in [0.1, 0.15) is 15.9 Å². The van der Waals surface area contributed by atoms with Crippen LogP contribution in [0.5, 0.6) is 0 Å². The normalized spacial score (nSPS) is 11.0. The number of benzene rings is 4. The fourth-order valence-corrected chi connectivity index (χ4v) is 3.26. The van der Waals surface area contributed by atoms with E-state index in [0.29, 0.717) is 5.56 Å². The minimum absolute atomic E-state index is 0.158.